The summed E-state index contributed by atoms with van der Waals surface area (Å²) < 4.78 is 33.2. The lowest BCUT2D eigenvalue weighted by molar-refractivity contribution is -0.386. The lowest BCUT2D eigenvalue weighted by Crippen LogP contribution is -2.40. The highest BCUT2D eigenvalue weighted by Gasteiger charge is 2.28. The second-order valence-electron chi connectivity index (χ2n) is 6.93. The van der Waals surface area contributed by atoms with Crippen LogP contribution in [0.3, 0.4) is 0 Å². The number of aromatic nitrogens is 2. The SMILES string of the molecule is Cc1nn(C(C)C(=O)Nc2ccc(S(=O)(=O)N3CCOCC3)cc2)c(C)c1[N+](=O)[O-]. The van der Waals surface area contributed by atoms with E-state index >= 15 is 0 Å². The zero-order chi connectivity index (χ0) is 22.1. The average Bonchev–Trinajstić information content (AvgIpc) is 3.02. The first kappa shape index (κ1) is 21.9. The van der Waals surface area contributed by atoms with E-state index in [1.807, 2.05) is 0 Å². The normalized spacial score (nSPS) is 16.2. The van der Waals surface area contributed by atoms with Crippen LogP contribution in [-0.4, -0.2) is 59.6 Å². The molecule has 12 heteroatoms. The molecule has 1 aromatic heterocycles. The Kier molecular flexibility index (Phi) is 6.19. The number of benzene rings is 1. The van der Waals surface area contributed by atoms with E-state index in [9.17, 15) is 23.3 Å². The summed E-state index contributed by atoms with van der Waals surface area (Å²) in [6.07, 6.45) is 0. The molecule has 1 aliphatic rings. The van der Waals surface area contributed by atoms with Crippen molar-refractivity contribution in [3.63, 3.8) is 0 Å². The summed E-state index contributed by atoms with van der Waals surface area (Å²) in [7, 11) is -3.62. The quantitative estimate of drug-likeness (QED) is 0.536. The number of ether oxygens (including phenoxy) is 1. The molecule has 1 amide bonds. The summed E-state index contributed by atoms with van der Waals surface area (Å²) in [4.78, 5) is 23.4. The lowest BCUT2D eigenvalue weighted by atomic mass is 10.2. The maximum atomic E-state index is 12.7. The van der Waals surface area contributed by atoms with Crippen LogP contribution in [0.5, 0.6) is 0 Å². The van der Waals surface area contributed by atoms with Crippen molar-refractivity contribution in [3.05, 3.63) is 45.8 Å². The molecule has 2 aromatic rings. The molecule has 1 atom stereocenters. The van der Waals surface area contributed by atoms with Crippen molar-refractivity contribution in [1.29, 1.82) is 0 Å². The summed E-state index contributed by atoms with van der Waals surface area (Å²) in [5.41, 5.74) is 0.804. The predicted octanol–water partition coefficient (Wildman–Crippen LogP) is 1.63. The monoisotopic (exact) mass is 437 g/mol. The van der Waals surface area contributed by atoms with E-state index in [1.54, 1.807) is 6.92 Å². The molecule has 1 saturated heterocycles. The number of hydrogen-bond acceptors (Lipinski definition) is 7. The second kappa shape index (κ2) is 8.50. The Morgan fingerprint density at radius 3 is 2.37 bits per heavy atom. The lowest BCUT2D eigenvalue weighted by Gasteiger charge is -2.26. The van der Waals surface area contributed by atoms with Crippen molar-refractivity contribution in [2.75, 3.05) is 31.6 Å². The number of hydrogen-bond donors (Lipinski definition) is 1. The highest BCUT2D eigenvalue weighted by Crippen LogP contribution is 2.25. The molecule has 1 N–H and O–H groups in total. The molecule has 162 valence electrons. The van der Waals surface area contributed by atoms with Gasteiger partial charge in [0, 0.05) is 18.8 Å². The van der Waals surface area contributed by atoms with E-state index in [2.05, 4.69) is 10.4 Å². The molecule has 0 aliphatic carbocycles. The largest absolute Gasteiger partial charge is 0.379 e. The number of nitrogens with zero attached hydrogens (tertiary/aromatic N) is 4. The van der Waals surface area contributed by atoms with Gasteiger partial charge in [-0.2, -0.15) is 9.40 Å². The van der Waals surface area contributed by atoms with Crippen molar-refractivity contribution in [2.45, 2.75) is 31.7 Å². The van der Waals surface area contributed by atoms with Gasteiger partial charge < -0.3 is 10.1 Å². The average molecular weight is 437 g/mol. The minimum Gasteiger partial charge on any atom is -0.379 e. The van der Waals surface area contributed by atoms with Crippen LogP contribution in [-0.2, 0) is 19.6 Å². The van der Waals surface area contributed by atoms with Crippen LogP contribution in [0.15, 0.2) is 29.2 Å². The fourth-order valence-corrected chi connectivity index (χ4v) is 4.71. The topological polar surface area (TPSA) is 137 Å². The molecule has 0 radical (unpaired) electrons. The number of rotatable bonds is 6. The third-order valence-electron chi connectivity index (χ3n) is 4.95. The first-order valence-electron chi connectivity index (χ1n) is 9.32. The Morgan fingerprint density at radius 1 is 1.23 bits per heavy atom. The summed E-state index contributed by atoms with van der Waals surface area (Å²) in [6.45, 7) is 5.94. The van der Waals surface area contributed by atoms with Gasteiger partial charge >= 0.3 is 5.69 Å². The van der Waals surface area contributed by atoms with Gasteiger partial charge in [-0.05, 0) is 45.0 Å². The zero-order valence-electron chi connectivity index (χ0n) is 16.9. The van der Waals surface area contributed by atoms with E-state index in [0.29, 0.717) is 32.0 Å². The second-order valence-corrected chi connectivity index (χ2v) is 8.87. The first-order valence-corrected chi connectivity index (χ1v) is 10.8. The summed E-state index contributed by atoms with van der Waals surface area (Å²) in [6, 6.07) is 5.07. The molecule has 1 unspecified atom stereocenters. The fraction of sp³-hybridized carbons (Fsp3) is 0.444. The van der Waals surface area contributed by atoms with Gasteiger partial charge in [0.15, 0.2) is 0 Å². The molecule has 0 bridgehead atoms. The maximum Gasteiger partial charge on any atom is 0.312 e. The molecule has 3 rings (SSSR count). The summed E-state index contributed by atoms with van der Waals surface area (Å²) in [5.74, 6) is -0.431. The summed E-state index contributed by atoms with van der Waals surface area (Å²) >= 11 is 0. The van der Waals surface area contributed by atoms with Gasteiger partial charge in [0.1, 0.15) is 17.4 Å². The van der Waals surface area contributed by atoms with E-state index in [0.717, 1.165) is 0 Å². The van der Waals surface area contributed by atoms with Gasteiger partial charge in [0.05, 0.1) is 23.0 Å². The summed E-state index contributed by atoms with van der Waals surface area (Å²) in [5, 5.41) is 18.0. The van der Waals surface area contributed by atoms with Crippen molar-refractivity contribution >= 4 is 27.3 Å². The number of anilines is 1. The number of carbonyl (C=O) groups is 1. The first-order chi connectivity index (χ1) is 14.1. The smallest absolute Gasteiger partial charge is 0.312 e. The van der Waals surface area contributed by atoms with Gasteiger partial charge in [-0.3, -0.25) is 19.6 Å². The van der Waals surface area contributed by atoms with Crippen LogP contribution >= 0.6 is 0 Å². The minimum atomic E-state index is -3.62. The number of nitrogens with one attached hydrogen (secondary N) is 1. The number of amides is 1. The van der Waals surface area contributed by atoms with E-state index in [-0.39, 0.29) is 22.0 Å². The molecule has 0 spiro atoms. The van der Waals surface area contributed by atoms with Crippen LogP contribution in [0.25, 0.3) is 0 Å². The molecular weight excluding hydrogens is 414 g/mol. The van der Waals surface area contributed by atoms with E-state index in [1.165, 1.54) is 47.1 Å². The van der Waals surface area contributed by atoms with E-state index in [4.69, 9.17) is 4.74 Å². The molecule has 0 saturated carbocycles. The van der Waals surface area contributed by atoms with Crippen LogP contribution in [0.4, 0.5) is 11.4 Å². The van der Waals surface area contributed by atoms with Crippen LogP contribution in [0.2, 0.25) is 0 Å². The predicted molar refractivity (Wildman–Crippen MR) is 108 cm³/mol. The Balaban J connectivity index is 1.73. The Bertz CT molecular complexity index is 1060. The highest BCUT2D eigenvalue weighted by atomic mass is 32.2. The maximum absolute atomic E-state index is 12.7. The van der Waals surface area contributed by atoms with Crippen molar-refractivity contribution in [3.8, 4) is 0 Å². The standard InChI is InChI=1S/C18H23N5O6S/c1-12-17(23(25)26)13(2)22(20-12)14(3)18(24)19-15-4-6-16(7-5-15)30(27,28)21-8-10-29-11-9-21/h4-7,14H,8-11H2,1-3H3,(H,19,24). The fourth-order valence-electron chi connectivity index (χ4n) is 3.30. The minimum absolute atomic E-state index is 0.118. The zero-order valence-corrected chi connectivity index (χ0v) is 17.7. The van der Waals surface area contributed by atoms with E-state index < -0.39 is 26.9 Å². The number of aryl methyl sites for hydroxylation is 1. The van der Waals surface area contributed by atoms with Crippen LogP contribution in [0, 0.1) is 24.0 Å². The number of carbonyl (C=O) groups excluding carboxylic acids is 1. The molecule has 11 nitrogen and oxygen atoms in total. The van der Waals surface area contributed by atoms with Crippen molar-refractivity contribution < 1.29 is 22.9 Å². The van der Waals surface area contributed by atoms with Gasteiger partial charge in [-0.1, -0.05) is 0 Å². The molecular formula is C18H23N5O6S. The van der Waals surface area contributed by atoms with Gasteiger partial charge in [0.25, 0.3) is 0 Å². The number of nitro groups is 1. The third kappa shape index (κ3) is 4.20. The molecule has 1 aliphatic heterocycles. The van der Waals surface area contributed by atoms with Gasteiger partial charge in [-0.15, -0.1) is 0 Å². The number of sulfonamides is 1. The van der Waals surface area contributed by atoms with Crippen molar-refractivity contribution in [2.24, 2.45) is 0 Å². The molecule has 1 aromatic carbocycles. The van der Waals surface area contributed by atoms with Crippen LogP contribution in [0.1, 0.15) is 24.4 Å². The molecule has 1 fully saturated rings. The van der Waals surface area contributed by atoms with Crippen LogP contribution < -0.4 is 5.32 Å². The molecule has 2 heterocycles. The highest BCUT2D eigenvalue weighted by molar-refractivity contribution is 7.89. The third-order valence-corrected chi connectivity index (χ3v) is 6.86. The molecule has 30 heavy (non-hydrogen) atoms. The van der Waals surface area contributed by atoms with Gasteiger partial charge in [-0.25, -0.2) is 8.42 Å². The Hall–Kier alpha value is -2.83. The number of morpholine rings is 1. The van der Waals surface area contributed by atoms with Gasteiger partial charge in [0.2, 0.25) is 15.9 Å². The Labute approximate surface area is 173 Å². The van der Waals surface area contributed by atoms with Crippen molar-refractivity contribution in [1.82, 2.24) is 14.1 Å². The Morgan fingerprint density at radius 2 is 1.83 bits per heavy atom.